The highest BCUT2D eigenvalue weighted by atomic mass is 32.2. The van der Waals surface area contributed by atoms with Crippen LogP contribution in [0.4, 0.5) is 13.2 Å². The quantitative estimate of drug-likeness (QED) is 0.237. The van der Waals surface area contributed by atoms with Gasteiger partial charge in [0.1, 0.15) is 5.54 Å². The molecule has 206 valence electrons. The van der Waals surface area contributed by atoms with E-state index in [2.05, 4.69) is 0 Å². The molecule has 0 N–H and O–H groups in total. The summed E-state index contributed by atoms with van der Waals surface area (Å²) in [5, 5.41) is 0.647. The lowest BCUT2D eigenvalue weighted by atomic mass is 9.80. The van der Waals surface area contributed by atoms with Crippen molar-refractivity contribution < 1.29 is 31.1 Å². The smallest absolute Gasteiger partial charge is 0.416 e. The summed E-state index contributed by atoms with van der Waals surface area (Å²) >= 11 is 0. The average Bonchev–Trinajstić information content (AvgIpc) is 3.51. The number of hydrogen-bond donors (Lipinski definition) is 0. The van der Waals surface area contributed by atoms with Gasteiger partial charge in [0, 0.05) is 18.4 Å². The number of aromatic nitrogens is 1. The Balaban J connectivity index is 1.68. The second-order valence-corrected chi connectivity index (χ2v) is 11.9. The number of fused-ring (bicyclic) bond motifs is 4. The number of halogens is 3. The number of rotatable bonds is 4. The van der Waals surface area contributed by atoms with E-state index in [9.17, 15) is 26.4 Å². The molecule has 4 aromatic rings. The second kappa shape index (κ2) is 9.07. The van der Waals surface area contributed by atoms with Gasteiger partial charge in [-0.05, 0) is 48.4 Å². The maximum absolute atomic E-state index is 14.3. The van der Waals surface area contributed by atoms with Crippen molar-refractivity contribution in [2.24, 2.45) is 0 Å². The maximum atomic E-state index is 14.3. The molecule has 2 aliphatic rings. The zero-order valence-electron chi connectivity index (χ0n) is 21.6. The lowest BCUT2D eigenvalue weighted by molar-refractivity contribution is -0.152. The number of ether oxygens (including phenoxy) is 1. The number of esters is 1. The Kier molecular flexibility index (Phi) is 5.97. The maximum Gasteiger partial charge on any atom is 0.416 e. The SMILES string of the molecule is COC(=O)[C@]12C=CCN1[C@H](c1ccc(C(F)(F)F)cc1)c1c(c3ccccc3n1S(=O)(=O)c1ccc(C)cc1)C2. The third-order valence-corrected chi connectivity index (χ3v) is 9.59. The molecule has 10 heteroatoms. The van der Waals surface area contributed by atoms with Crippen LogP contribution < -0.4 is 0 Å². The van der Waals surface area contributed by atoms with E-state index < -0.39 is 39.3 Å². The Morgan fingerprint density at radius 1 is 1.00 bits per heavy atom. The first kappa shape index (κ1) is 26.3. The molecule has 0 amide bonds. The Morgan fingerprint density at radius 2 is 1.68 bits per heavy atom. The van der Waals surface area contributed by atoms with Crippen molar-refractivity contribution in [1.29, 1.82) is 0 Å². The van der Waals surface area contributed by atoms with Crippen molar-refractivity contribution in [3.63, 3.8) is 0 Å². The Hall–Kier alpha value is -3.89. The van der Waals surface area contributed by atoms with Gasteiger partial charge in [-0.25, -0.2) is 17.2 Å². The van der Waals surface area contributed by atoms with Crippen LogP contribution in [0.15, 0.2) is 89.8 Å². The van der Waals surface area contributed by atoms with Crippen LogP contribution in [0.2, 0.25) is 0 Å². The highest BCUT2D eigenvalue weighted by molar-refractivity contribution is 7.90. The number of para-hydroxylation sites is 1. The third-order valence-electron chi connectivity index (χ3n) is 7.85. The molecule has 0 fully saturated rings. The van der Waals surface area contributed by atoms with Gasteiger partial charge in [-0.3, -0.25) is 4.90 Å². The van der Waals surface area contributed by atoms with E-state index in [0.717, 1.165) is 17.7 Å². The molecule has 3 aromatic carbocycles. The first-order chi connectivity index (χ1) is 19.0. The minimum Gasteiger partial charge on any atom is -0.467 e. The fourth-order valence-electron chi connectivity index (χ4n) is 5.99. The van der Waals surface area contributed by atoms with Gasteiger partial charge in [0.2, 0.25) is 0 Å². The van der Waals surface area contributed by atoms with Gasteiger partial charge < -0.3 is 4.74 Å². The summed E-state index contributed by atoms with van der Waals surface area (Å²) in [6, 6.07) is 17.3. The molecule has 0 saturated carbocycles. The fraction of sp³-hybridized carbons (Fsp3) is 0.233. The molecule has 0 bridgehead atoms. The Bertz CT molecular complexity index is 1770. The third kappa shape index (κ3) is 3.81. The van der Waals surface area contributed by atoms with Crippen molar-refractivity contribution in [2.45, 2.75) is 36.0 Å². The molecule has 1 aromatic heterocycles. The normalized spacial score (nSPS) is 20.9. The average molecular weight is 567 g/mol. The highest BCUT2D eigenvalue weighted by Crippen LogP contribution is 2.50. The number of carbonyl (C=O) groups excluding carboxylic acids is 1. The first-order valence-corrected chi connectivity index (χ1v) is 14.1. The molecular weight excluding hydrogens is 541 g/mol. The monoisotopic (exact) mass is 566 g/mol. The number of nitrogens with zero attached hydrogens (tertiary/aromatic N) is 2. The molecular formula is C30H25F3N2O4S. The number of hydrogen-bond acceptors (Lipinski definition) is 5. The van der Waals surface area contributed by atoms with E-state index in [0.29, 0.717) is 27.7 Å². The van der Waals surface area contributed by atoms with Gasteiger partial charge in [-0.2, -0.15) is 13.2 Å². The Morgan fingerprint density at radius 3 is 2.33 bits per heavy atom. The van der Waals surface area contributed by atoms with Crippen molar-refractivity contribution in [3.8, 4) is 0 Å². The standard InChI is InChI=1S/C30H25F3N2O4S/c1-19-8-14-22(15-9-19)40(37,38)35-25-7-4-3-6-23(25)24-18-29(28(36)39-2)16-5-17-34(29)26(27(24)35)20-10-12-21(13-11-20)30(31,32)33/h3-16,26H,17-18H2,1-2H3/t26-,29-/m1/s1. The van der Waals surface area contributed by atoms with Gasteiger partial charge in [-0.15, -0.1) is 0 Å². The van der Waals surface area contributed by atoms with Crippen molar-refractivity contribution in [3.05, 3.63) is 113 Å². The zero-order valence-corrected chi connectivity index (χ0v) is 22.5. The van der Waals surface area contributed by atoms with Crippen molar-refractivity contribution in [1.82, 2.24) is 8.87 Å². The summed E-state index contributed by atoms with van der Waals surface area (Å²) in [4.78, 5) is 15.2. The molecule has 6 nitrogen and oxygen atoms in total. The van der Waals surface area contributed by atoms with E-state index in [1.807, 2.05) is 11.8 Å². The molecule has 0 radical (unpaired) electrons. The summed E-state index contributed by atoms with van der Waals surface area (Å²) in [5.41, 5.74) is 0.696. The van der Waals surface area contributed by atoms with Crippen LogP contribution in [0.5, 0.6) is 0 Å². The van der Waals surface area contributed by atoms with Gasteiger partial charge >= 0.3 is 12.1 Å². The number of alkyl halides is 3. The molecule has 0 spiro atoms. The largest absolute Gasteiger partial charge is 0.467 e. The lowest BCUT2D eigenvalue weighted by Crippen LogP contribution is -2.57. The summed E-state index contributed by atoms with van der Waals surface area (Å²) in [5.74, 6) is -0.526. The highest BCUT2D eigenvalue weighted by Gasteiger charge is 2.55. The molecule has 0 aliphatic carbocycles. The first-order valence-electron chi connectivity index (χ1n) is 12.6. The molecule has 40 heavy (non-hydrogen) atoms. The van der Waals surface area contributed by atoms with Crippen molar-refractivity contribution in [2.75, 3.05) is 13.7 Å². The topological polar surface area (TPSA) is 68.6 Å². The van der Waals surface area contributed by atoms with Crippen LogP contribution in [0.3, 0.4) is 0 Å². The molecule has 0 saturated heterocycles. The fourth-order valence-corrected chi connectivity index (χ4v) is 7.57. The summed E-state index contributed by atoms with van der Waals surface area (Å²) in [6.45, 7) is 2.13. The van der Waals surface area contributed by atoms with E-state index in [4.69, 9.17) is 4.74 Å². The van der Waals surface area contributed by atoms with E-state index in [1.54, 1.807) is 48.6 Å². The van der Waals surface area contributed by atoms with Crippen LogP contribution in [0.25, 0.3) is 10.9 Å². The minimum absolute atomic E-state index is 0.0807. The van der Waals surface area contributed by atoms with E-state index >= 15 is 0 Å². The molecule has 2 aliphatic heterocycles. The molecule has 6 rings (SSSR count). The minimum atomic E-state index is -4.54. The van der Waals surface area contributed by atoms with Gasteiger partial charge in [0.05, 0.1) is 34.8 Å². The van der Waals surface area contributed by atoms with Gasteiger partial charge in [0.25, 0.3) is 10.0 Å². The van der Waals surface area contributed by atoms with Gasteiger partial charge in [-0.1, -0.05) is 60.2 Å². The van der Waals surface area contributed by atoms with Crippen LogP contribution in [0, 0.1) is 6.92 Å². The number of carbonyl (C=O) groups is 1. The molecule has 0 unspecified atom stereocenters. The number of methoxy groups -OCH3 is 1. The van der Waals surface area contributed by atoms with Crippen LogP contribution in [-0.4, -0.2) is 42.5 Å². The summed E-state index contributed by atoms with van der Waals surface area (Å²) in [7, 11) is -2.87. The van der Waals surface area contributed by atoms with E-state index in [-0.39, 0.29) is 17.9 Å². The lowest BCUT2D eigenvalue weighted by Gasteiger charge is -2.45. The summed E-state index contributed by atoms with van der Waals surface area (Å²) in [6.07, 6.45) is -0.842. The predicted molar refractivity (Wildman–Crippen MR) is 143 cm³/mol. The Labute approximate surface area is 229 Å². The van der Waals surface area contributed by atoms with Gasteiger partial charge in [0.15, 0.2) is 0 Å². The van der Waals surface area contributed by atoms with Crippen LogP contribution in [0.1, 0.15) is 34.0 Å². The molecule has 3 heterocycles. The number of aryl methyl sites for hydroxylation is 1. The van der Waals surface area contributed by atoms with E-state index in [1.165, 1.54) is 35.3 Å². The van der Waals surface area contributed by atoms with Crippen molar-refractivity contribution >= 4 is 26.9 Å². The number of benzene rings is 3. The zero-order chi connectivity index (χ0) is 28.4. The van der Waals surface area contributed by atoms with Crippen LogP contribution in [-0.2, 0) is 32.2 Å². The summed E-state index contributed by atoms with van der Waals surface area (Å²) < 4.78 is 75.4. The van der Waals surface area contributed by atoms with Crippen LogP contribution >= 0.6 is 0 Å². The predicted octanol–water partition coefficient (Wildman–Crippen LogP) is 5.63. The second-order valence-electron chi connectivity index (χ2n) is 10.1. The molecule has 2 atom stereocenters.